The van der Waals surface area contributed by atoms with Crippen molar-refractivity contribution in [2.45, 2.75) is 24.6 Å². The van der Waals surface area contributed by atoms with Gasteiger partial charge in [0.15, 0.2) is 11.1 Å². The molecule has 0 saturated carbocycles. The van der Waals surface area contributed by atoms with E-state index in [0.717, 1.165) is 5.56 Å². The average Bonchev–Trinajstić information content (AvgIpc) is 3.60. The molecule has 0 aliphatic carbocycles. The molecule has 180 valence electrons. The number of imide groups is 1. The molecular formula is C24H23N5O6. The number of rotatable bonds is 5. The summed E-state index contributed by atoms with van der Waals surface area (Å²) in [7, 11) is 1.53. The number of ether oxygens (including phenoxy) is 1. The van der Waals surface area contributed by atoms with Crippen LogP contribution < -0.4 is 20.3 Å². The molecular weight excluding hydrogens is 454 g/mol. The van der Waals surface area contributed by atoms with Crippen molar-refractivity contribution in [2.24, 2.45) is 0 Å². The molecule has 11 heteroatoms. The fourth-order valence-electron chi connectivity index (χ4n) is 4.99. The Morgan fingerprint density at radius 3 is 2.80 bits per heavy atom. The molecule has 3 aliphatic rings. The van der Waals surface area contributed by atoms with Crippen molar-refractivity contribution < 1.29 is 28.6 Å². The van der Waals surface area contributed by atoms with Crippen molar-refractivity contribution in [1.29, 1.82) is 0 Å². The zero-order valence-corrected chi connectivity index (χ0v) is 18.9. The fraction of sp³-hybridized carbons (Fsp3) is 0.333. The van der Waals surface area contributed by atoms with Crippen molar-refractivity contribution in [3.8, 4) is 5.75 Å². The monoisotopic (exact) mass is 477 g/mol. The molecule has 3 aliphatic heterocycles. The Morgan fingerprint density at radius 1 is 1.23 bits per heavy atom. The minimum Gasteiger partial charge on any atom is -0.497 e. The lowest BCUT2D eigenvalue weighted by Gasteiger charge is -2.28. The van der Waals surface area contributed by atoms with E-state index >= 15 is 0 Å². The summed E-state index contributed by atoms with van der Waals surface area (Å²) in [4.78, 5) is 46.6. The lowest BCUT2D eigenvalue weighted by Crippen LogP contribution is -2.52. The van der Waals surface area contributed by atoms with E-state index in [-0.39, 0.29) is 24.8 Å². The van der Waals surface area contributed by atoms with Gasteiger partial charge in [-0.2, -0.15) is 0 Å². The Bertz CT molecular complexity index is 1390. The number of carbonyl (C=O) groups is 3. The van der Waals surface area contributed by atoms with Crippen molar-refractivity contribution in [1.82, 2.24) is 20.5 Å². The molecule has 0 radical (unpaired) electrons. The highest BCUT2D eigenvalue weighted by Crippen LogP contribution is 2.35. The molecule has 4 amide bonds. The van der Waals surface area contributed by atoms with E-state index in [2.05, 4.69) is 15.6 Å². The third kappa shape index (κ3) is 3.38. The highest BCUT2D eigenvalue weighted by atomic mass is 16.5. The molecule has 1 aromatic carbocycles. The zero-order chi connectivity index (χ0) is 24.3. The van der Waals surface area contributed by atoms with Gasteiger partial charge < -0.3 is 29.4 Å². The van der Waals surface area contributed by atoms with Crippen LogP contribution in [0.2, 0.25) is 0 Å². The van der Waals surface area contributed by atoms with E-state index < -0.39 is 23.6 Å². The number of urea groups is 1. The van der Waals surface area contributed by atoms with Gasteiger partial charge in [0.1, 0.15) is 22.8 Å². The normalized spacial score (nSPS) is 23.7. The minimum absolute atomic E-state index is 0.120. The smallest absolute Gasteiger partial charge is 0.322 e. The van der Waals surface area contributed by atoms with Gasteiger partial charge >= 0.3 is 6.03 Å². The topological polar surface area (TPSA) is 137 Å². The molecule has 5 heterocycles. The summed E-state index contributed by atoms with van der Waals surface area (Å²) in [5.41, 5.74) is 0.641. The van der Waals surface area contributed by atoms with Crippen molar-refractivity contribution in [3.63, 3.8) is 0 Å². The van der Waals surface area contributed by atoms with Crippen LogP contribution >= 0.6 is 0 Å². The summed E-state index contributed by atoms with van der Waals surface area (Å²) in [5.74, 6) is 0.560. The highest BCUT2D eigenvalue weighted by Gasteiger charge is 2.53. The number of nitrogens with zero attached hydrogens (tertiary/aromatic N) is 3. The van der Waals surface area contributed by atoms with Crippen LogP contribution in [0.1, 0.15) is 28.1 Å². The molecule has 3 N–H and O–H groups in total. The number of hydrogen-bond donors (Lipinski definition) is 3. The Balaban J connectivity index is 1.35. The van der Waals surface area contributed by atoms with Crippen molar-refractivity contribution in [2.75, 3.05) is 31.6 Å². The van der Waals surface area contributed by atoms with Gasteiger partial charge in [0, 0.05) is 31.3 Å². The highest BCUT2D eigenvalue weighted by molar-refractivity contribution is 6.08. The summed E-state index contributed by atoms with van der Waals surface area (Å²) in [6.45, 7) is 1.34. The molecule has 3 aromatic rings. The van der Waals surface area contributed by atoms with Crippen LogP contribution in [-0.4, -0.2) is 65.7 Å². The Kier molecular flexibility index (Phi) is 4.71. The molecule has 35 heavy (non-hydrogen) atoms. The van der Waals surface area contributed by atoms with Crippen molar-refractivity contribution in [3.05, 3.63) is 53.3 Å². The van der Waals surface area contributed by atoms with E-state index in [1.165, 1.54) is 12.0 Å². The Hall–Kier alpha value is -4.12. The Morgan fingerprint density at radius 2 is 2.09 bits per heavy atom. The zero-order valence-electron chi connectivity index (χ0n) is 18.9. The van der Waals surface area contributed by atoms with Crippen LogP contribution in [0.25, 0.3) is 11.1 Å². The number of methoxy groups -OCH3 is 1. The number of fused-ring (bicyclic) bond motifs is 2. The number of hydrogen-bond acceptors (Lipinski definition) is 8. The van der Waals surface area contributed by atoms with Gasteiger partial charge in [-0.1, -0.05) is 6.07 Å². The van der Waals surface area contributed by atoms with Gasteiger partial charge in [-0.25, -0.2) is 9.78 Å². The van der Waals surface area contributed by atoms with Gasteiger partial charge in [-0.3, -0.25) is 14.9 Å². The molecule has 2 aromatic heterocycles. The summed E-state index contributed by atoms with van der Waals surface area (Å²) in [6.07, 6.45) is 0.277. The summed E-state index contributed by atoms with van der Waals surface area (Å²) < 4.78 is 11.2. The molecule has 11 nitrogen and oxygen atoms in total. The maximum absolute atomic E-state index is 13.2. The number of aromatic nitrogens is 1. The molecule has 2 fully saturated rings. The second-order valence-corrected chi connectivity index (χ2v) is 9.05. The Labute approximate surface area is 199 Å². The molecule has 6 rings (SSSR count). The third-order valence-electron chi connectivity index (χ3n) is 6.83. The van der Waals surface area contributed by atoms with Crippen LogP contribution in [0, 0.1) is 0 Å². The number of pyridine rings is 1. The van der Waals surface area contributed by atoms with Crippen LogP contribution in [0.15, 0.2) is 40.8 Å². The number of amides is 4. The SMILES string of the molecule is COc1ccc2c(c1)C(=O)N(CC1(c3cc4nc(N5CCC(O)C5)ccc4o3)NC(=O)NC1=O)C2. The van der Waals surface area contributed by atoms with E-state index in [0.29, 0.717) is 47.7 Å². The van der Waals surface area contributed by atoms with Gasteiger partial charge in [0.05, 0.1) is 19.8 Å². The van der Waals surface area contributed by atoms with E-state index in [9.17, 15) is 19.5 Å². The number of β-amino-alcohol motifs (C(OH)–C–C–N with tert-alkyl or cyclic N) is 1. The average molecular weight is 477 g/mol. The maximum atomic E-state index is 13.2. The minimum atomic E-state index is -1.61. The summed E-state index contributed by atoms with van der Waals surface area (Å²) >= 11 is 0. The second kappa shape index (κ2) is 7.70. The molecule has 0 spiro atoms. The molecule has 2 saturated heterocycles. The number of carbonyl (C=O) groups excluding carboxylic acids is 3. The fourth-order valence-corrected chi connectivity index (χ4v) is 4.99. The predicted molar refractivity (Wildman–Crippen MR) is 123 cm³/mol. The lowest BCUT2D eigenvalue weighted by molar-refractivity contribution is -0.125. The third-order valence-corrected chi connectivity index (χ3v) is 6.83. The maximum Gasteiger partial charge on any atom is 0.322 e. The first-order chi connectivity index (χ1) is 16.9. The summed E-state index contributed by atoms with van der Waals surface area (Å²) in [6, 6.07) is 9.75. The number of aliphatic hydroxyl groups excluding tert-OH is 1. The van der Waals surface area contributed by atoms with Crippen LogP contribution in [0.3, 0.4) is 0 Å². The number of anilines is 1. The molecule has 2 unspecified atom stereocenters. The predicted octanol–water partition coefficient (Wildman–Crippen LogP) is 1.10. The lowest BCUT2D eigenvalue weighted by atomic mass is 9.95. The first kappa shape index (κ1) is 21.4. The van der Waals surface area contributed by atoms with Crippen LogP contribution in [0.5, 0.6) is 5.75 Å². The van der Waals surface area contributed by atoms with Crippen molar-refractivity contribution >= 4 is 34.8 Å². The first-order valence-corrected chi connectivity index (χ1v) is 11.3. The molecule has 0 bridgehead atoms. The standard InChI is InChI=1S/C24H23N5O6/c1-34-15-3-2-13-10-29(21(31)16(13)8-15)12-24(22(32)26-23(33)27-24)19-9-17-18(35-19)4-5-20(25-17)28-7-6-14(30)11-28/h2-5,8-9,14,30H,6-7,10-12H2,1H3,(H2,26,27,32,33). The van der Waals surface area contributed by atoms with Gasteiger partial charge in [-0.15, -0.1) is 0 Å². The first-order valence-electron chi connectivity index (χ1n) is 11.3. The van der Waals surface area contributed by atoms with E-state index in [4.69, 9.17) is 9.15 Å². The van der Waals surface area contributed by atoms with Gasteiger partial charge in [0.2, 0.25) is 0 Å². The number of benzene rings is 1. The summed E-state index contributed by atoms with van der Waals surface area (Å²) in [5, 5.41) is 14.8. The van der Waals surface area contributed by atoms with Gasteiger partial charge in [0.25, 0.3) is 11.8 Å². The van der Waals surface area contributed by atoms with E-state index in [1.807, 2.05) is 11.0 Å². The second-order valence-electron chi connectivity index (χ2n) is 9.05. The van der Waals surface area contributed by atoms with Crippen LogP contribution in [0.4, 0.5) is 10.6 Å². The van der Waals surface area contributed by atoms with Crippen LogP contribution in [-0.2, 0) is 16.9 Å². The van der Waals surface area contributed by atoms with Gasteiger partial charge in [-0.05, 0) is 36.2 Å². The number of nitrogens with one attached hydrogen (secondary N) is 2. The van der Waals surface area contributed by atoms with E-state index in [1.54, 1.807) is 30.3 Å². The number of furan rings is 1. The largest absolute Gasteiger partial charge is 0.497 e. The molecule has 2 atom stereocenters. The number of aliphatic hydroxyl groups is 1. The quantitative estimate of drug-likeness (QED) is 0.465.